The fourth-order valence-corrected chi connectivity index (χ4v) is 3.55. The molecule has 1 aromatic heterocycles. The molecule has 1 saturated carbocycles. The standard InChI is InChI=1S/C23H21F3N2O3/c1-31-21-11-18(13-4-7-16(8-5-13)23(24,25)26)27-19-10-15(6-9-17(19)21)22(30)28-20(12-29)14-2-3-14/h4-11,14,20,29H,2-3,12H2,1H3,(H,28,30)/t20-/m0/s1. The first kappa shape index (κ1) is 21.1. The largest absolute Gasteiger partial charge is 0.496 e. The number of hydrogen-bond donors (Lipinski definition) is 2. The summed E-state index contributed by atoms with van der Waals surface area (Å²) in [6, 6.07) is 11.1. The predicted octanol–water partition coefficient (Wildman–Crippen LogP) is 4.43. The highest BCUT2D eigenvalue weighted by molar-refractivity contribution is 5.99. The number of nitrogens with one attached hydrogen (secondary N) is 1. The number of pyridine rings is 1. The van der Waals surface area contributed by atoms with Gasteiger partial charge in [-0.15, -0.1) is 0 Å². The molecule has 1 heterocycles. The molecule has 1 atom stereocenters. The summed E-state index contributed by atoms with van der Waals surface area (Å²) in [5.74, 6) is 0.491. The Morgan fingerprint density at radius 1 is 1.19 bits per heavy atom. The molecule has 3 aromatic rings. The van der Waals surface area contributed by atoms with Crippen molar-refractivity contribution in [1.29, 1.82) is 0 Å². The lowest BCUT2D eigenvalue weighted by Gasteiger charge is -2.16. The Kier molecular flexibility index (Phi) is 5.58. The molecule has 31 heavy (non-hydrogen) atoms. The number of nitrogens with zero attached hydrogens (tertiary/aromatic N) is 1. The van der Waals surface area contributed by atoms with Gasteiger partial charge in [-0.1, -0.05) is 12.1 Å². The van der Waals surface area contributed by atoms with E-state index in [9.17, 15) is 23.1 Å². The number of fused-ring (bicyclic) bond motifs is 1. The van der Waals surface area contributed by atoms with Crippen LogP contribution in [0.3, 0.4) is 0 Å². The van der Waals surface area contributed by atoms with Crippen molar-refractivity contribution in [2.24, 2.45) is 5.92 Å². The first-order valence-electron chi connectivity index (χ1n) is 9.88. The van der Waals surface area contributed by atoms with Gasteiger partial charge in [-0.3, -0.25) is 4.79 Å². The lowest BCUT2D eigenvalue weighted by Crippen LogP contribution is -2.39. The van der Waals surface area contributed by atoms with Gasteiger partial charge in [0.2, 0.25) is 0 Å². The van der Waals surface area contributed by atoms with Crippen LogP contribution < -0.4 is 10.1 Å². The Morgan fingerprint density at radius 2 is 1.90 bits per heavy atom. The molecule has 0 unspecified atom stereocenters. The maximum atomic E-state index is 12.8. The van der Waals surface area contributed by atoms with E-state index in [-0.39, 0.29) is 18.6 Å². The van der Waals surface area contributed by atoms with Crippen molar-refractivity contribution in [3.05, 3.63) is 59.7 Å². The average molecular weight is 430 g/mol. The van der Waals surface area contributed by atoms with E-state index in [2.05, 4.69) is 10.3 Å². The summed E-state index contributed by atoms with van der Waals surface area (Å²) < 4.78 is 44.0. The van der Waals surface area contributed by atoms with Gasteiger partial charge < -0.3 is 15.2 Å². The Hall–Kier alpha value is -3.13. The first-order chi connectivity index (χ1) is 14.8. The molecule has 0 saturated heterocycles. The lowest BCUT2D eigenvalue weighted by atomic mass is 10.0. The van der Waals surface area contributed by atoms with Crippen LogP contribution in [0.5, 0.6) is 5.75 Å². The highest BCUT2D eigenvalue weighted by atomic mass is 19.4. The Bertz CT molecular complexity index is 1110. The number of aliphatic hydroxyl groups is 1. The van der Waals surface area contributed by atoms with Crippen LogP contribution in [0.2, 0.25) is 0 Å². The summed E-state index contributed by atoms with van der Waals surface area (Å²) in [6.07, 6.45) is -2.45. The molecule has 1 amide bonds. The van der Waals surface area contributed by atoms with Gasteiger partial charge in [-0.05, 0) is 49.1 Å². The number of carbonyl (C=O) groups is 1. The Labute approximate surface area is 176 Å². The number of alkyl halides is 3. The molecular weight excluding hydrogens is 409 g/mol. The zero-order valence-corrected chi connectivity index (χ0v) is 16.7. The summed E-state index contributed by atoms with van der Waals surface area (Å²) in [7, 11) is 1.49. The molecule has 2 N–H and O–H groups in total. The van der Waals surface area contributed by atoms with Crippen LogP contribution in [0.25, 0.3) is 22.2 Å². The van der Waals surface area contributed by atoms with E-state index in [4.69, 9.17) is 4.74 Å². The van der Waals surface area contributed by atoms with Gasteiger partial charge >= 0.3 is 6.18 Å². The molecule has 8 heteroatoms. The highest BCUT2D eigenvalue weighted by Gasteiger charge is 2.32. The summed E-state index contributed by atoms with van der Waals surface area (Å²) >= 11 is 0. The summed E-state index contributed by atoms with van der Waals surface area (Å²) in [5.41, 5.74) is 1.05. The van der Waals surface area contributed by atoms with Crippen molar-refractivity contribution in [1.82, 2.24) is 10.3 Å². The number of ether oxygens (including phenoxy) is 1. The molecule has 1 aliphatic carbocycles. The van der Waals surface area contributed by atoms with Crippen LogP contribution in [-0.2, 0) is 6.18 Å². The SMILES string of the molecule is COc1cc(-c2ccc(C(F)(F)F)cc2)nc2cc(C(=O)N[C@@H](CO)C3CC3)ccc12. The number of aliphatic hydroxyl groups excluding tert-OH is 1. The second-order valence-electron chi connectivity index (χ2n) is 7.62. The van der Waals surface area contributed by atoms with Gasteiger partial charge in [0.1, 0.15) is 5.75 Å². The monoisotopic (exact) mass is 430 g/mol. The van der Waals surface area contributed by atoms with Crippen LogP contribution in [0.4, 0.5) is 13.2 Å². The molecule has 5 nitrogen and oxygen atoms in total. The fraction of sp³-hybridized carbons (Fsp3) is 0.304. The minimum absolute atomic E-state index is 0.117. The van der Waals surface area contributed by atoms with Crippen molar-refractivity contribution < 1.29 is 27.8 Å². The number of hydrogen-bond acceptors (Lipinski definition) is 4. The van der Waals surface area contributed by atoms with E-state index >= 15 is 0 Å². The third-order valence-corrected chi connectivity index (χ3v) is 5.47. The van der Waals surface area contributed by atoms with Gasteiger partial charge in [0.05, 0.1) is 36.5 Å². The summed E-state index contributed by atoms with van der Waals surface area (Å²) in [4.78, 5) is 17.2. The smallest absolute Gasteiger partial charge is 0.416 e. The molecule has 0 radical (unpaired) electrons. The van der Waals surface area contributed by atoms with Crippen LogP contribution in [0.1, 0.15) is 28.8 Å². The number of amides is 1. The highest BCUT2D eigenvalue weighted by Crippen LogP contribution is 2.34. The molecule has 4 rings (SSSR count). The van der Waals surface area contributed by atoms with E-state index in [0.717, 1.165) is 25.0 Å². The van der Waals surface area contributed by atoms with Crippen molar-refractivity contribution in [2.75, 3.05) is 13.7 Å². The third-order valence-electron chi connectivity index (χ3n) is 5.47. The normalized spacial score (nSPS) is 15.0. The topological polar surface area (TPSA) is 71.5 Å². The number of carbonyl (C=O) groups excluding carboxylic acids is 1. The van der Waals surface area contributed by atoms with E-state index in [1.165, 1.54) is 19.2 Å². The van der Waals surface area contributed by atoms with Gasteiger partial charge in [0, 0.05) is 22.6 Å². The molecule has 0 spiro atoms. The zero-order valence-electron chi connectivity index (χ0n) is 16.7. The zero-order chi connectivity index (χ0) is 22.2. The summed E-state index contributed by atoms with van der Waals surface area (Å²) in [6.45, 7) is -0.117. The first-order valence-corrected chi connectivity index (χ1v) is 9.88. The predicted molar refractivity (Wildman–Crippen MR) is 110 cm³/mol. The van der Waals surface area contributed by atoms with Crippen LogP contribution >= 0.6 is 0 Å². The van der Waals surface area contributed by atoms with Gasteiger partial charge in [0.15, 0.2) is 0 Å². The minimum Gasteiger partial charge on any atom is -0.496 e. The molecule has 1 aliphatic rings. The quantitative estimate of drug-likeness (QED) is 0.607. The maximum Gasteiger partial charge on any atom is 0.416 e. The molecule has 1 fully saturated rings. The molecular formula is C23H21F3N2O3. The van der Waals surface area contributed by atoms with Crippen molar-refractivity contribution in [3.8, 4) is 17.0 Å². The average Bonchev–Trinajstić information content (AvgIpc) is 3.61. The van der Waals surface area contributed by atoms with E-state index < -0.39 is 11.7 Å². The maximum absolute atomic E-state index is 12.8. The lowest BCUT2D eigenvalue weighted by molar-refractivity contribution is -0.137. The number of benzene rings is 2. The molecule has 0 bridgehead atoms. The van der Waals surface area contributed by atoms with E-state index in [1.54, 1.807) is 24.3 Å². The van der Waals surface area contributed by atoms with Crippen molar-refractivity contribution in [2.45, 2.75) is 25.1 Å². The molecule has 162 valence electrons. The van der Waals surface area contributed by atoms with Crippen LogP contribution in [0.15, 0.2) is 48.5 Å². The van der Waals surface area contributed by atoms with Crippen molar-refractivity contribution in [3.63, 3.8) is 0 Å². The number of methoxy groups -OCH3 is 1. The second kappa shape index (κ2) is 8.19. The number of rotatable bonds is 6. The second-order valence-corrected chi connectivity index (χ2v) is 7.62. The Morgan fingerprint density at radius 3 is 2.48 bits per heavy atom. The van der Waals surface area contributed by atoms with Gasteiger partial charge in [-0.2, -0.15) is 13.2 Å². The minimum atomic E-state index is -4.41. The van der Waals surface area contributed by atoms with Crippen LogP contribution in [-0.4, -0.2) is 35.8 Å². The molecule has 0 aliphatic heterocycles. The third kappa shape index (κ3) is 4.49. The molecule has 2 aromatic carbocycles. The van der Waals surface area contributed by atoms with Gasteiger partial charge in [0.25, 0.3) is 5.91 Å². The summed E-state index contributed by atoms with van der Waals surface area (Å²) in [5, 5.41) is 13.0. The number of halogens is 3. The van der Waals surface area contributed by atoms with Gasteiger partial charge in [-0.25, -0.2) is 4.98 Å². The van der Waals surface area contributed by atoms with E-state index in [1.807, 2.05) is 0 Å². The number of aromatic nitrogens is 1. The van der Waals surface area contributed by atoms with Crippen LogP contribution in [0, 0.1) is 5.92 Å². The fourth-order valence-electron chi connectivity index (χ4n) is 3.55. The Balaban J connectivity index is 1.68. The van der Waals surface area contributed by atoms with E-state index in [0.29, 0.717) is 39.4 Å². The van der Waals surface area contributed by atoms with Crippen molar-refractivity contribution >= 4 is 16.8 Å².